The SMILES string of the molecule is O=C(c1ccccc1)N(CCCO)C1CCC1. The topological polar surface area (TPSA) is 40.5 Å². The van der Waals surface area contributed by atoms with Gasteiger partial charge in [0.15, 0.2) is 0 Å². The van der Waals surface area contributed by atoms with E-state index in [2.05, 4.69) is 0 Å². The van der Waals surface area contributed by atoms with E-state index in [1.54, 1.807) is 0 Å². The minimum absolute atomic E-state index is 0.101. The molecule has 0 saturated heterocycles. The van der Waals surface area contributed by atoms with Crippen molar-refractivity contribution in [1.29, 1.82) is 0 Å². The predicted octanol–water partition coefficient (Wildman–Crippen LogP) is 2.06. The summed E-state index contributed by atoms with van der Waals surface area (Å²) in [5.41, 5.74) is 0.748. The summed E-state index contributed by atoms with van der Waals surface area (Å²) in [5.74, 6) is 0.101. The zero-order chi connectivity index (χ0) is 12.1. The lowest BCUT2D eigenvalue weighted by atomic mass is 9.91. The lowest BCUT2D eigenvalue weighted by Crippen LogP contribution is -2.44. The van der Waals surface area contributed by atoms with Crippen LogP contribution in [0.2, 0.25) is 0 Å². The number of hydrogen-bond donors (Lipinski definition) is 1. The smallest absolute Gasteiger partial charge is 0.254 e. The van der Waals surface area contributed by atoms with E-state index in [1.807, 2.05) is 35.2 Å². The van der Waals surface area contributed by atoms with Crippen molar-refractivity contribution < 1.29 is 9.90 Å². The van der Waals surface area contributed by atoms with Gasteiger partial charge >= 0.3 is 0 Å². The van der Waals surface area contributed by atoms with Gasteiger partial charge in [0.25, 0.3) is 5.91 Å². The van der Waals surface area contributed by atoms with Crippen LogP contribution in [-0.2, 0) is 0 Å². The summed E-state index contributed by atoms with van der Waals surface area (Å²) in [6, 6.07) is 9.78. The summed E-state index contributed by atoms with van der Waals surface area (Å²) < 4.78 is 0. The molecule has 17 heavy (non-hydrogen) atoms. The first-order valence-corrected chi connectivity index (χ1v) is 6.30. The Hall–Kier alpha value is -1.35. The highest BCUT2D eigenvalue weighted by atomic mass is 16.3. The molecule has 3 nitrogen and oxygen atoms in total. The number of hydrogen-bond acceptors (Lipinski definition) is 2. The van der Waals surface area contributed by atoms with Gasteiger partial charge in [-0.15, -0.1) is 0 Å². The van der Waals surface area contributed by atoms with Gasteiger partial charge in [0.05, 0.1) is 0 Å². The molecule has 0 bridgehead atoms. The largest absolute Gasteiger partial charge is 0.396 e. The van der Waals surface area contributed by atoms with Gasteiger partial charge < -0.3 is 10.0 Å². The first-order valence-electron chi connectivity index (χ1n) is 6.30. The summed E-state index contributed by atoms with van der Waals surface area (Å²) in [4.78, 5) is 14.3. The van der Waals surface area contributed by atoms with Crippen molar-refractivity contribution in [3.8, 4) is 0 Å². The van der Waals surface area contributed by atoms with Crippen LogP contribution in [0.5, 0.6) is 0 Å². The third-order valence-electron chi connectivity index (χ3n) is 3.35. The average molecular weight is 233 g/mol. The fourth-order valence-electron chi connectivity index (χ4n) is 2.14. The molecule has 1 aliphatic rings. The van der Waals surface area contributed by atoms with E-state index in [4.69, 9.17) is 5.11 Å². The molecular weight excluding hydrogens is 214 g/mol. The molecule has 0 radical (unpaired) electrons. The quantitative estimate of drug-likeness (QED) is 0.845. The van der Waals surface area contributed by atoms with Gasteiger partial charge in [-0.25, -0.2) is 0 Å². The number of benzene rings is 1. The molecule has 1 amide bonds. The van der Waals surface area contributed by atoms with E-state index >= 15 is 0 Å². The van der Waals surface area contributed by atoms with Crippen LogP contribution < -0.4 is 0 Å². The van der Waals surface area contributed by atoms with Crippen molar-refractivity contribution in [3.63, 3.8) is 0 Å². The first kappa shape index (κ1) is 12.1. The highest BCUT2D eigenvalue weighted by Crippen LogP contribution is 2.26. The average Bonchev–Trinajstić information content (AvgIpc) is 2.32. The maximum absolute atomic E-state index is 12.3. The summed E-state index contributed by atoms with van der Waals surface area (Å²) in [7, 11) is 0. The normalized spacial score (nSPS) is 15.4. The van der Waals surface area contributed by atoms with Crippen LogP contribution in [0.3, 0.4) is 0 Å². The van der Waals surface area contributed by atoms with Crippen LogP contribution in [0, 0.1) is 0 Å². The standard InChI is InChI=1S/C14H19NO2/c16-11-5-10-15(13-8-4-9-13)14(17)12-6-2-1-3-7-12/h1-3,6-7,13,16H,4-5,8-11H2. The lowest BCUT2D eigenvalue weighted by molar-refractivity contribution is 0.0562. The van der Waals surface area contributed by atoms with Gasteiger partial charge in [-0.1, -0.05) is 18.2 Å². The molecule has 3 heteroatoms. The molecule has 0 heterocycles. The van der Waals surface area contributed by atoms with Crippen LogP contribution >= 0.6 is 0 Å². The van der Waals surface area contributed by atoms with E-state index in [0.29, 0.717) is 19.0 Å². The minimum Gasteiger partial charge on any atom is -0.396 e. The Labute approximate surface area is 102 Å². The Morgan fingerprint density at radius 3 is 2.53 bits per heavy atom. The minimum atomic E-state index is 0.101. The van der Waals surface area contributed by atoms with Crippen LogP contribution in [-0.4, -0.2) is 35.1 Å². The Morgan fingerprint density at radius 2 is 2.00 bits per heavy atom. The molecule has 1 aromatic rings. The number of carbonyl (C=O) groups excluding carboxylic acids is 1. The Morgan fingerprint density at radius 1 is 1.29 bits per heavy atom. The molecule has 0 unspecified atom stereocenters. The monoisotopic (exact) mass is 233 g/mol. The number of aliphatic hydroxyl groups is 1. The second-order valence-electron chi connectivity index (χ2n) is 4.53. The van der Waals surface area contributed by atoms with Gasteiger partial charge in [-0.3, -0.25) is 4.79 Å². The highest BCUT2D eigenvalue weighted by Gasteiger charge is 2.28. The second kappa shape index (κ2) is 5.82. The number of carbonyl (C=O) groups is 1. The zero-order valence-electron chi connectivity index (χ0n) is 10.0. The van der Waals surface area contributed by atoms with Crippen LogP contribution in [0.15, 0.2) is 30.3 Å². The van der Waals surface area contributed by atoms with Crippen LogP contribution in [0.25, 0.3) is 0 Å². The van der Waals surface area contributed by atoms with Crippen molar-refractivity contribution in [2.24, 2.45) is 0 Å². The molecule has 1 aliphatic carbocycles. The predicted molar refractivity (Wildman–Crippen MR) is 66.8 cm³/mol. The van der Waals surface area contributed by atoms with E-state index in [0.717, 1.165) is 18.4 Å². The molecule has 0 aromatic heterocycles. The van der Waals surface area contributed by atoms with Gasteiger partial charge in [0, 0.05) is 24.8 Å². The molecule has 1 saturated carbocycles. The summed E-state index contributed by atoms with van der Waals surface area (Å²) >= 11 is 0. The summed E-state index contributed by atoms with van der Waals surface area (Å²) in [6.07, 6.45) is 4.07. The summed E-state index contributed by atoms with van der Waals surface area (Å²) in [5, 5.41) is 8.90. The Kier molecular flexibility index (Phi) is 4.15. The molecule has 1 fully saturated rings. The fourth-order valence-corrected chi connectivity index (χ4v) is 2.14. The molecule has 1 N–H and O–H groups in total. The van der Waals surface area contributed by atoms with Crippen molar-refractivity contribution in [2.45, 2.75) is 31.7 Å². The van der Waals surface area contributed by atoms with Crippen LogP contribution in [0.1, 0.15) is 36.0 Å². The van der Waals surface area contributed by atoms with E-state index in [9.17, 15) is 4.79 Å². The number of aliphatic hydroxyl groups excluding tert-OH is 1. The molecular formula is C14H19NO2. The maximum atomic E-state index is 12.3. The Balaban J connectivity index is 2.06. The second-order valence-corrected chi connectivity index (χ2v) is 4.53. The third-order valence-corrected chi connectivity index (χ3v) is 3.35. The molecule has 0 aliphatic heterocycles. The van der Waals surface area contributed by atoms with Gasteiger partial charge in [0.1, 0.15) is 0 Å². The molecule has 0 spiro atoms. The zero-order valence-corrected chi connectivity index (χ0v) is 10.0. The molecule has 0 atom stereocenters. The van der Waals surface area contributed by atoms with Crippen molar-refractivity contribution >= 4 is 5.91 Å². The molecule has 2 rings (SSSR count). The number of rotatable bonds is 5. The van der Waals surface area contributed by atoms with Crippen LogP contribution in [0.4, 0.5) is 0 Å². The van der Waals surface area contributed by atoms with Crippen molar-refractivity contribution in [3.05, 3.63) is 35.9 Å². The fraction of sp³-hybridized carbons (Fsp3) is 0.500. The number of amides is 1. The Bertz CT molecular complexity index is 360. The highest BCUT2D eigenvalue weighted by molar-refractivity contribution is 5.94. The first-order chi connectivity index (χ1) is 8.33. The molecule has 92 valence electrons. The van der Waals surface area contributed by atoms with Gasteiger partial charge in [-0.2, -0.15) is 0 Å². The van der Waals surface area contributed by atoms with Crippen molar-refractivity contribution in [1.82, 2.24) is 4.90 Å². The lowest BCUT2D eigenvalue weighted by Gasteiger charge is -2.37. The van der Waals surface area contributed by atoms with E-state index in [1.165, 1.54) is 6.42 Å². The van der Waals surface area contributed by atoms with Gasteiger partial charge in [0.2, 0.25) is 0 Å². The third kappa shape index (κ3) is 2.86. The molecule has 1 aromatic carbocycles. The maximum Gasteiger partial charge on any atom is 0.254 e. The van der Waals surface area contributed by atoms with Gasteiger partial charge in [-0.05, 0) is 37.8 Å². The number of nitrogens with zero attached hydrogens (tertiary/aromatic N) is 1. The van der Waals surface area contributed by atoms with E-state index < -0.39 is 0 Å². The van der Waals surface area contributed by atoms with Crippen molar-refractivity contribution in [2.75, 3.05) is 13.2 Å². The van der Waals surface area contributed by atoms with E-state index in [-0.39, 0.29) is 12.5 Å². The summed E-state index contributed by atoms with van der Waals surface area (Å²) in [6.45, 7) is 0.806.